The number of benzene rings is 1. The molecule has 0 aliphatic heterocycles. The molecule has 92 valence electrons. The number of carbonyl (C=O) groups is 1. The molecular weight excluding hydrogens is 234 g/mol. The molecule has 0 atom stereocenters. The van der Waals surface area contributed by atoms with E-state index in [2.05, 4.69) is 10.3 Å². The number of pyridine rings is 1. The Kier molecular flexibility index (Phi) is 3.01. The molecule has 0 saturated heterocycles. The van der Waals surface area contributed by atoms with Crippen LogP contribution in [0, 0.1) is 0 Å². The van der Waals surface area contributed by atoms with E-state index in [4.69, 9.17) is 5.73 Å². The standard InChI is InChI=1S/C12H11N3O3/c13-7-1-4-11(14-6-7)15-12(18)9-5-8(16)2-3-10(9)17/h1-6,16-17H,13H2,(H,14,15,18). The fourth-order valence-electron chi connectivity index (χ4n) is 1.37. The molecule has 5 N–H and O–H groups in total. The summed E-state index contributed by atoms with van der Waals surface area (Å²) in [7, 11) is 0. The lowest BCUT2D eigenvalue weighted by molar-refractivity contribution is 0.102. The van der Waals surface area contributed by atoms with Crippen LogP contribution in [0.15, 0.2) is 36.5 Å². The van der Waals surface area contributed by atoms with Crippen molar-refractivity contribution in [1.82, 2.24) is 4.98 Å². The number of phenols is 2. The van der Waals surface area contributed by atoms with Gasteiger partial charge in [-0.1, -0.05) is 0 Å². The summed E-state index contributed by atoms with van der Waals surface area (Å²) in [6, 6.07) is 6.81. The van der Waals surface area contributed by atoms with E-state index < -0.39 is 5.91 Å². The van der Waals surface area contributed by atoms with E-state index in [1.165, 1.54) is 30.5 Å². The van der Waals surface area contributed by atoms with Gasteiger partial charge in [-0.3, -0.25) is 4.79 Å². The molecule has 0 unspecified atom stereocenters. The van der Waals surface area contributed by atoms with E-state index >= 15 is 0 Å². The largest absolute Gasteiger partial charge is 0.508 e. The van der Waals surface area contributed by atoms with Crippen molar-refractivity contribution in [1.29, 1.82) is 0 Å². The number of hydrogen-bond acceptors (Lipinski definition) is 5. The van der Waals surface area contributed by atoms with Crippen molar-refractivity contribution in [3.05, 3.63) is 42.1 Å². The molecule has 6 nitrogen and oxygen atoms in total. The number of aromatic nitrogens is 1. The molecule has 2 aromatic rings. The summed E-state index contributed by atoms with van der Waals surface area (Å²) in [5.74, 6) is -0.596. The van der Waals surface area contributed by atoms with Crippen LogP contribution in [0.4, 0.5) is 11.5 Å². The molecule has 1 heterocycles. The van der Waals surface area contributed by atoms with Crippen molar-refractivity contribution >= 4 is 17.4 Å². The maximum Gasteiger partial charge on any atom is 0.260 e. The first kappa shape index (κ1) is 11.7. The van der Waals surface area contributed by atoms with Crippen molar-refractivity contribution in [3.8, 4) is 11.5 Å². The molecule has 0 aliphatic carbocycles. The maximum absolute atomic E-state index is 11.8. The van der Waals surface area contributed by atoms with Crippen molar-refractivity contribution in [2.45, 2.75) is 0 Å². The van der Waals surface area contributed by atoms with Crippen LogP contribution in [0.3, 0.4) is 0 Å². The molecular formula is C12H11N3O3. The van der Waals surface area contributed by atoms with Gasteiger partial charge in [-0.05, 0) is 30.3 Å². The zero-order chi connectivity index (χ0) is 13.1. The summed E-state index contributed by atoms with van der Waals surface area (Å²) in [5, 5.41) is 21.3. The highest BCUT2D eigenvalue weighted by Crippen LogP contribution is 2.22. The van der Waals surface area contributed by atoms with Gasteiger partial charge in [0.25, 0.3) is 5.91 Å². The second kappa shape index (κ2) is 4.62. The predicted molar refractivity (Wildman–Crippen MR) is 66.4 cm³/mol. The minimum atomic E-state index is -0.569. The van der Waals surface area contributed by atoms with Crippen molar-refractivity contribution in [2.75, 3.05) is 11.1 Å². The number of anilines is 2. The molecule has 2 rings (SSSR count). The number of nitrogens with two attached hydrogens (primary N) is 1. The number of amides is 1. The van der Waals surface area contributed by atoms with Crippen LogP contribution >= 0.6 is 0 Å². The van der Waals surface area contributed by atoms with Gasteiger partial charge in [-0.15, -0.1) is 0 Å². The van der Waals surface area contributed by atoms with Gasteiger partial charge >= 0.3 is 0 Å². The minimum absolute atomic E-state index is 0.0337. The Balaban J connectivity index is 2.21. The number of nitrogen functional groups attached to an aromatic ring is 1. The molecule has 0 aliphatic rings. The van der Waals surface area contributed by atoms with Crippen molar-refractivity contribution in [2.24, 2.45) is 0 Å². The summed E-state index contributed by atoms with van der Waals surface area (Å²) < 4.78 is 0. The van der Waals surface area contributed by atoms with E-state index in [1.807, 2.05) is 0 Å². The van der Waals surface area contributed by atoms with Gasteiger partial charge in [0.15, 0.2) is 0 Å². The summed E-state index contributed by atoms with van der Waals surface area (Å²) in [5.41, 5.74) is 5.91. The normalized spacial score (nSPS) is 10.0. The first-order valence-corrected chi connectivity index (χ1v) is 5.11. The summed E-state index contributed by atoms with van der Waals surface area (Å²) in [4.78, 5) is 15.7. The third kappa shape index (κ3) is 2.49. The Bertz CT molecular complexity index is 582. The number of phenolic OH excluding ortho intramolecular Hbond substituents is 2. The van der Waals surface area contributed by atoms with Gasteiger partial charge in [0.2, 0.25) is 0 Å². The molecule has 0 radical (unpaired) electrons. The van der Waals surface area contributed by atoms with Crippen LogP contribution in [-0.4, -0.2) is 21.1 Å². The topological polar surface area (TPSA) is 108 Å². The number of hydrogen-bond donors (Lipinski definition) is 4. The predicted octanol–water partition coefficient (Wildman–Crippen LogP) is 1.33. The second-order valence-corrected chi connectivity index (χ2v) is 3.63. The number of aromatic hydroxyl groups is 2. The van der Waals surface area contributed by atoms with Crippen LogP contribution in [0.1, 0.15) is 10.4 Å². The molecule has 0 spiro atoms. The number of nitrogens with zero attached hydrogens (tertiary/aromatic N) is 1. The Morgan fingerprint density at radius 2 is 2.00 bits per heavy atom. The lowest BCUT2D eigenvalue weighted by atomic mass is 10.2. The van der Waals surface area contributed by atoms with Crippen LogP contribution in [-0.2, 0) is 0 Å². The fraction of sp³-hybridized carbons (Fsp3) is 0. The number of rotatable bonds is 2. The van der Waals surface area contributed by atoms with Gasteiger partial charge in [-0.25, -0.2) is 4.98 Å². The van der Waals surface area contributed by atoms with Gasteiger partial charge in [0.05, 0.1) is 17.4 Å². The summed E-state index contributed by atoms with van der Waals surface area (Å²) in [6.45, 7) is 0. The first-order chi connectivity index (χ1) is 8.56. The van der Waals surface area contributed by atoms with Crippen LogP contribution in [0.2, 0.25) is 0 Å². The van der Waals surface area contributed by atoms with E-state index in [9.17, 15) is 15.0 Å². The molecule has 0 fully saturated rings. The Hall–Kier alpha value is -2.76. The lowest BCUT2D eigenvalue weighted by Gasteiger charge is -2.06. The molecule has 1 aromatic heterocycles. The van der Waals surface area contributed by atoms with E-state index in [0.29, 0.717) is 11.5 Å². The first-order valence-electron chi connectivity index (χ1n) is 5.11. The monoisotopic (exact) mass is 245 g/mol. The highest BCUT2D eigenvalue weighted by atomic mass is 16.3. The zero-order valence-corrected chi connectivity index (χ0v) is 9.29. The SMILES string of the molecule is Nc1ccc(NC(=O)c2cc(O)ccc2O)nc1. The highest BCUT2D eigenvalue weighted by molar-refractivity contribution is 6.05. The summed E-state index contributed by atoms with van der Waals surface area (Å²) in [6.07, 6.45) is 1.40. The van der Waals surface area contributed by atoms with Crippen LogP contribution in [0.5, 0.6) is 11.5 Å². The van der Waals surface area contributed by atoms with Crippen LogP contribution in [0.25, 0.3) is 0 Å². The quantitative estimate of drug-likeness (QED) is 0.597. The maximum atomic E-state index is 11.8. The lowest BCUT2D eigenvalue weighted by Crippen LogP contribution is -2.13. The Labute approximate surface area is 103 Å². The molecule has 0 bridgehead atoms. The van der Waals surface area contributed by atoms with Gasteiger partial charge in [0.1, 0.15) is 17.3 Å². The average molecular weight is 245 g/mol. The van der Waals surface area contributed by atoms with E-state index in [-0.39, 0.29) is 17.1 Å². The van der Waals surface area contributed by atoms with Crippen molar-refractivity contribution in [3.63, 3.8) is 0 Å². The molecule has 1 amide bonds. The molecule has 1 aromatic carbocycles. The molecule has 0 saturated carbocycles. The minimum Gasteiger partial charge on any atom is -0.508 e. The third-order valence-corrected chi connectivity index (χ3v) is 2.25. The summed E-state index contributed by atoms with van der Waals surface area (Å²) >= 11 is 0. The second-order valence-electron chi connectivity index (χ2n) is 3.63. The molecule has 6 heteroatoms. The zero-order valence-electron chi connectivity index (χ0n) is 9.29. The molecule has 18 heavy (non-hydrogen) atoms. The van der Waals surface area contributed by atoms with Gasteiger partial charge < -0.3 is 21.3 Å². The number of carbonyl (C=O) groups excluding carboxylic acids is 1. The fourth-order valence-corrected chi connectivity index (χ4v) is 1.37. The van der Waals surface area contributed by atoms with E-state index in [0.717, 1.165) is 0 Å². The third-order valence-electron chi connectivity index (χ3n) is 2.25. The van der Waals surface area contributed by atoms with Gasteiger partial charge in [-0.2, -0.15) is 0 Å². The van der Waals surface area contributed by atoms with Crippen molar-refractivity contribution < 1.29 is 15.0 Å². The Morgan fingerprint density at radius 3 is 2.67 bits per heavy atom. The highest BCUT2D eigenvalue weighted by Gasteiger charge is 2.12. The van der Waals surface area contributed by atoms with E-state index in [1.54, 1.807) is 6.07 Å². The Morgan fingerprint density at radius 1 is 1.22 bits per heavy atom. The van der Waals surface area contributed by atoms with Crippen LogP contribution < -0.4 is 11.1 Å². The number of nitrogens with one attached hydrogen (secondary N) is 1. The smallest absolute Gasteiger partial charge is 0.260 e. The average Bonchev–Trinajstić information content (AvgIpc) is 2.35. The van der Waals surface area contributed by atoms with Gasteiger partial charge in [0, 0.05) is 0 Å².